The van der Waals surface area contributed by atoms with Crippen molar-refractivity contribution in [3.8, 4) is 11.6 Å². The second-order valence-corrected chi connectivity index (χ2v) is 10.1. The number of nitrogens with one attached hydrogen (secondary N) is 2. The molecule has 13 heteroatoms. The normalized spacial score (nSPS) is 23.8. The van der Waals surface area contributed by atoms with E-state index in [-0.39, 0.29) is 31.6 Å². The lowest BCUT2D eigenvalue weighted by Gasteiger charge is -2.39. The number of hydrogen-bond acceptors (Lipinski definition) is 12. The lowest BCUT2D eigenvalue weighted by atomic mass is 9.98. The Bertz CT molecular complexity index is 988. The van der Waals surface area contributed by atoms with Crippen LogP contribution in [-0.2, 0) is 11.2 Å². The first-order chi connectivity index (χ1) is 18.7. The van der Waals surface area contributed by atoms with Crippen LogP contribution in [0.3, 0.4) is 0 Å². The SMILES string of the molecule is CC(C)c1[nH]nc(O[C@@H]2O[C@H](CO)[C@@H](O)[C@H](O)[C@H]2O)c1Cc1ccc(OCCCNC(CO)(CO)CO)cc1. The lowest BCUT2D eigenvalue weighted by molar-refractivity contribution is -0.278. The van der Waals surface area contributed by atoms with E-state index in [0.717, 1.165) is 16.8 Å². The van der Waals surface area contributed by atoms with Crippen LogP contribution < -0.4 is 14.8 Å². The van der Waals surface area contributed by atoms with Gasteiger partial charge in [-0.15, -0.1) is 5.10 Å². The molecule has 0 radical (unpaired) electrons. The number of aromatic nitrogens is 2. The number of H-pyrrole nitrogens is 1. The molecule has 0 amide bonds. The van der Waals surface area contributed by atoms with Crippen LogP contribution in [0.4, 0.5) is 0 Å². The molecule has 0 aliphatic carbocycles. The van der Waals surface area contributed by atoms with E-state index < -0.39 is 42.9 Å². The van der Waals surface area contributed by atoms with Crippen molar-refractivity contribution in [2.75, 3.05) is 39.6 Å². The number of ether oxygens (including phenoxy) is 3. The highest BCUT2D eigenvalue weighted by Crippen LogP contribution is 2.31. The van der Waals surface area contributed by atoms with Crippen LogP contribution in [0.25, 0.3) is 0 Å². The zero-order chi connectivity index (χ0) is 28.6. The third-order valence-electron chi connectivity index (χ3n) is 6.82. The Morgan fingerprint density at radius 3 is 2.26 bits per heavy atom. The number of aliphatic hydroxyl groups is 7. The zero-order valence-electron chi connectivity index (χ0n) is 22.2. The highest BCUT2D eigenvalue weighted by Gasteiger charge is 2.45. The van der Waals surface area contributed by atoms with Gasteiger partial charge in [-0.05, 0) is 36.6 Å². The molecule has 0 bridgehead atoms. The van der Waals surface area contributed by atoms with Crippen LogP contribution in [0.2, 0.25) is 0 Å². The van der Waals surface area contributed by atoms with E-state index in [1.807, 2.05) is 38.1 Å². The first-order valence-electron chi connectivity index (χ1n) is 13.0. The average molecular weight is 556 g/mol. The molecular formula is C26H41N3O10. The Balaban J connectivity index is 1.61. The Kier molecular flexibility index (Phi) is 11.5. The maximum Gasteiger partial charge on any atom is 0.238 e. The van der Waals surface area contributed by atoms with Gasteiger partial charge in [0.2, 0.25) is 12.2 Å². The molecule has 1 aliphatic heterocycles. The van der Waals surface area contributed by atoms with Gasteiger partial charge in [0.15, 0.2) is 0 Å². The van der Waals surface area contributed by atoms with Gasteiger partial charge in [-0.25, -0.2) is 0 Å². The van der Waals surface area contributed by atoms with Crippen LogP contribution in [0.5, 0.6) is 11.6 Å². The number of rotatable bonds is 15. The van der Waals surface area contributed by atoms with Crippen molar-refractivity contribution in [2.45, 2.75) is 68.9 Å². The Morgan fingerprint density at radius 2 is 1.67 bits per heavy atom. The van der Waals surface area contributed by atoms with Gasteiger partial charge in [-0.3, -0.25) is 5.10 Å². The summed E-state index contributed by atoms with van der Waals surface area (Å²) < 4.78 is 17.1. The summed E-state index contributed by atoms with van der Waals surface area (Å²) in [6.07, 6.45) is -5.99. The van der Waals surface area contributed by atoms with E-state index >= 15 is 0 Å². The van der Waals surface area contributed by atoms with Gasteiger partial charge in [-0.2, -0.15) is 0 Å². The monoisotopic (exact) mass is 555 g/mol. The highest BCUT2D eigenvalue weighted by molar-refractivity contribution is 5.39. The molecule has 1 saturated heterocycles. The third kappa shape index (κ3) is 7.66. The summed E-state index contributed by atoms with van der Waals surface area (Å²) in [7, 11) is 0. The van der Waals surface area contributed by atoms with E-state index in [4.69, 9.17) is 14.2 Å². The van der Waals surface area contributed by atoms with Crippen molar-refractivity contribution in [1.29, 1.82) is 0 Å². The van der Waals surface area contributed by atoms with Crippen LogP contribution in [0.15, 0.2) is 24.3 Å². The fraction of sp³-hybridized carbons (Fsp3) is 0.654. The maximum absolute atomic E-state index is 10.4. The molecule has 0 unspecified atom stereocenters. The summed E-state index contributed by atoms with van der Waals surface area (Å²) in [5.41, 5.74) is 1.38. The smallest absolute Gasteiger partial charge is 0.238 e. The van der Waals surface area contributed by atoms with Gasteiger partial charge in [0.1, 0.15) is 30.2 Å². The number of hydrogen-bond donors (Lipinski definition) is 9. The van der Waals surface area contributed by atoms with Crippen molar-refractivity contribution < 1.29 is 50.0 Å². The summed E-state index contributed by atoms with van der Waals surface area (Å²) in [5, 5.41) is 78.1. The Morgan fingerprint density at radius 1 is 1.00 bits per heavy atom. The molecule has 0 spiro atoms. The molecule has 2 aromatic rings. The minimum atomic E-state index is -1.56. The van der Waals surface area contributed by atoms with Crippen molar-refractivity contribution in [1.82, 2.24) is 15.5 Å². The maximum atomic E-state index is 10.4. The predicted molar refractivity (Wildman–Crippen MR) is 138 cm³/mol. The summed E-state index contributed by atoms with van der Waals surface area (Å²) >= 11 is 0. The molecular weight excluding hydrogens is 514 g/mol. The molecule has 13 nitrogen and oxygen atoms in total. The summed E-state index contributed by atoms with van der Waals surface area (Å²) in [6.45, 7) is 3.11. The van der Waals surface area contributed by atoms with Crippen molar-refractivity contribution in [3.63, 3.8) is 0 Å². The second-order valence-electron chi connectivity index (χ2n) is 10.1. The topological polar surface area (TPSA) is 210 Å². The lowest BCUT2D eigenvalue weighted by Crippen LogP contribution is -2.60. The van der Waals surface area contributed by atoms with Crippen molar-refractivity contribution >= 4 is 0 Å². The predicted octanol–water partition coefficient (Wildman–Crippen LogP) is -1.62. The molecule has 0 saturated carbocycles. The number of aliphatic hydroxyl groups excluding tert-OH is 7. The second kappa shape index (κ2) is 14.3. The molecule has 39 heavy (non-hydrogen) atoms. The van der Waals surface area contributed by atoms with E-state index in [9.17, 15) is 35.7 Å². The van der Waals surface area contributed by atoms with E-state index in [1.165, 1.54) is 0 Å². The number of nitrogens with zero attached hydrogens (tertiary/aromatic N) is 1. The summed E-state index contributed by atoms with van der Waals surface area (Å²) in [5.74, 6) is 0.920. The van der Waals surface area contributed by atoms with Gasteiger partial charge in [-0.1, -0.05) is 26.0 Å². The minimum Gasteiger partial charge on any atom is -0.494 e. The van der Waals surface area contributed by atoms with Gasteiger partial charge in [0.05, 0.1) is 38.6 Å². The fourth-order valence-electron chi connectivity index (χ4n) is 4.22. The van der Waals surface area contributed by atoms with E-state index in [1.54, 1.807) is 0 Å². The molecule has 220 valence electrons. The molecule has 1 aliphatic rings. The van der Waals surface area contributed by atoms with Gasteiger partial charge >= 0.3 is 0 Å². The summed E-state index contributed by atoms with van der Waals surface area (Å²) in [6, 6.07) is 7.46. The minimum absolute atomic E-state index is 0.0807. The molecule has 9 N–H and O–H groups in total. The van der Waals surface area contributed by atoms with Crippen LogP contribution >= 0.6 is 0 Å². The Hall–Kier alpha value is -2.33. The average Bonchev–Trinajstić information content (AvgIpc) is 3.34. The van der Waals surface area contributed by atoms with Gasteiger partial charge in [0.25, 0.3) is 0 Å². The van der Waals surface area contributed by atoms with Crippen molar-refractivity contribution in [3.05, 3.63) is 41.1 Å². The van der Waals surface area contributed by atoms with Crippen LogP contribution in [-0.4, -0.2) is 122 Å². The first kappa shape index (κ1) is 31.2. The largest absolute Gasteiger partial charge is 0.494 e. The molecule has 2 heterocycles. The third-order valence-corrected chi connectivity index (χ3v) is 6.82. The van der Waals surface area contributed by atoms with E-state index in [0.29, 0.717) is 31.7 Å². The van der Waals surface area contributed by atoms with Crippen molar-refractivity contribution in [2.24, 2.45) is 0 Å². The quantitative estimate of drug-likeness (QED) is 0.114. The molecule has 1 fully saturated rings. The van der Waals surface area contributed by atoms with Crippen LogP contribution in [0.1, 0.15) is 43.0 Å². The zero-order valence-corrected chi connectivity index (χ0v) is 22.2. The van der Waals surface area contributed by atoms with Crippen LogP contribution in [0, 0.1) is 0 Å². The van der Waals surface area contributed by atoms with Gasteiger partial charge in [0, 0.05) is 17.7 Å². The van der Waals surface area contributed by atoms with Gasteiger partial charge < -0.3 is 55.3 Å². The molecule has 3 rings (SSSR count). The first-order valence-corrected chi connectivity index (χ1v) is 13.0. The number of aromatic amines is 1. The molecule has 1 aromatic heterocycles. The standard InChI is InChI=1S/C26H41N3O10/c1-15(2)20-18(24(29-28-20)39-25-23(36)22(35)21(34)19(11-30)38-25)10-16-4-6-17(7-5-16)37-9-3-8-27-26(12-31,13-32)14-33/h4-7,15,19,21-23,25,27,30-36H,3,8-14H2,1-2H3,(H,28,29)/t19-,21-,22+,23-,25+/m1/s1. The van der Waals surface area contributed by atoms with E-state index in [2.05, 4.69) is 15.5 Å². The summed E-state index contributed by atoms with van der Waals surface area (Å²) in [4.78, 5) is 0. The fourth-order valence-corrected chi connectivity index (χ4v) is 4.22. The molecule has 1 aromatic carbocycles. The Labute approximate surface area is 227 Å². The molecule has 5 atom stereocenters. The number of benzene rings is 1. The highest BCUT2D eigenvalue weighted by atomic mass is 16.7.